The van der Waals surface area contributed by atoms with Gasteiger partial charge in [0.05, 0.1) is 7.11 Å². The molecule has 2 aromatic carbocycles. The van der Waals surface area contributed by atoms with E-state index in [0.29, 0.717) is 0 Å². The second-order valence-corrected chi connectivity index (χ2v) is 6.24. The van der Waals surface area contributed by atoms with Crippen molar-refractivity contribution in [1.82, 2.24) is 10.2 Å². The number of methoxy groups -OCH3 is 1. The van der Waals surface area contributed by atoms with Crippen LogP contribution >= 0.6 is 0 Å². The summed E-state index contributed by atoms with van der Waals surface area (Å²) in [5.74, 6) is -3.29. The van der Waals surface area contributed by atoms with Crippen molar-refractivity contribution in [2.75, 3.05) is 13.7 Å². The van der Waals surface area contributed by atoms with Crippen LogP contribution in [0.25, 0.3) is 0 Å². The van der Waals surface area contributed by atoms with E-state index in [1.807, 2.05) is 30.3 Å². The normalized spacial score (nSPS) is 19.2. The monoisotopic (exact) mass is 376 g/mol. The summed E-state index contributed by atoms with van der Waals surface area (Å²) in [7, 11) is 1.28. The molecule has 3 rings (SSSR count). The van der Waals surface area contributed by atoms with E-state index in [1.165, 1.54) is 12.0 Å². The molecule has 2 amide bonds. The molecule has 0 aromatic heterocycles. The zero-order chi connectivity index (χ0) is 19.6. The van der Waals surface area contributed by atoms with Crippen molar-refractivity contribution in [3.05, 3.63) is 65.2 Å². The van der Waals surface area contributed by atoms with Gasteiger partial charge in [-0.1, -0.05) is 30.3 Å². The third-order valence-corrected chi connectivity index (χ3v) is 4.55. The Morgan fingerprint density at radius 1 is 1.26 bits per heavy atom. The minimum absolute atomic E-state index is 0.00181. The molecule has 142 valence electrons. The molecule has 0 bridgehead atoms. The van der Waals surface area contributed by atoms with Crippen LogP contribution in [0.15, 0.2) is 42.5 Å². The number of carboxylic acid groups (broad SMARTS) is 1. The van der Waals surface area contributed by atoms with Gasteiger partial charge in [0.2, 0.25) is 5.91 Å². The van der Waals surface area contributed by atoms with E-state index < -0.39 is 35.6 Å². The van der Waals surface area contributed by atoms with Gasteiger partial charge >= 0.3 is 6.09 Å². The molecule has 0 radical (unpaired) electrons. The first-order chi connectivity index (χ1) is 12.9. The Morgan fingerprint density at radius 2 is 1.89 bits per heavy atom. The van der Waals surface area contributed by atoms with Crippen LogP contribution in [0.3, 0.4) is 0 Å². The highest BCUT2D eigenvalue weighted by Gasteiger charge is 2.44. The number of amides is 2. The summed E-state index contributed by atoms with van der Waals surface area (Å²) in [5.41, 5.74) is 0.495. The number of carbonyl (C=O) groups is 2. The molecular formula is C19H18F2N2O4. The smallest absolute Gasteiger partial charge is 0.405 e. The molecule has 1 aliphatic heterocycles. The fraction of sp³-hybridized carbons (Fsp3) is 0.263. The maximum Gasteiger partial charge on any atom is 0.405 e. The van der Waals surface area contributed by atoms with Crippen molar-refractivity contribution < 1.29 is 28.2 Å². The largest absolute Gasteiger partial charge is 0.497 e. The van der Waals surface area contributed by atoms with Gasteiger partial charge < -0.3 is 20.1 Å². The van der Waals surface area contributed by atoms with E-state index >= 15 is 0 Å². The topological polar surface area (TPSA) is 78.9 Å². The number of ether oxygens (including phenoxy) is 1. The fourth-order valence-electron chi connectivity index (χ4n) is 3.33. The zero-order valence-corrected chi connectivity index (χ0v) is 14.5. The highest BCUT2D eigenvalue weighted by Crippen LogP contribution is 2.34. The van der Waals surface area contributed by atoms with Crippen LogP contribution in [-0.2, 0) is 11.3 Å². The SMILES string of the molecule is COc1cc(F)c([C@@H]2CN(Cc3ccccc3)C(=O)[C@H]2NC(=O)O)c(F)c1. The van der Waals surface area contributed by atoms with E-state index in [0.717, 1.165) is 17.7 Å². The summed E-state index contributed by atoms with van der Waals surface area (Å²) >= 11 is 0. The van der Waals surface area contributed by atoms with Crippen molar-refractivity contribution in [3.8, 4) is 5.75 Å². The maximum atomic E-state index is 14.5. The second-order valence-electron chi connectivity index (χ2n) is 6.24. The van der Waals surface area contributed by atoms with E-state index in [9.17, 15) is 18.4 Å². The summed E-state index contributed by atoms with van der Waals surface area (Å²) in [6.07, 6.45) is -1.44. The van der Waals surface area contributed by atoms with Crippen molar-refractivity contribution >= 4 is 12.0 Å². The zero-order valence-electron chi connectivity index (χ0n) is 14.5. The van der Waals surface area contributed by atoms with Crippen LogP contribution in [0, 0.1) is 11.6 Å². The molecule has 2 atom stereocenters. The van der Waals surface area contributed by atoms with Crippen LogP contribution in [-0.4, -0.2) is 41.7 Å². The Morgan fingerprint density at radius 3 is 2.44 bits per heavy atom. The van der Waals surface area contributed by atoms with Gasteiger partial charge in [-0.15, -0.1) is 0 Å². The minimum Gasteiger partial charge on any atom is -0.497 e. The van der Waals surface area contributed by atoms with Gasteiger partial charge in [-0.3, -0.25) is 4.79 Å². The van der Waals surface area contributed by atoms with Crippen molar-refractivity contribution in [3.63, 3.8) is 0 Å². The summed E-state index contributed by atoms with van der Waals surface area (Å²) in [6, 6.07) is 9.83. The van der Waals surface area contributed by atoms with Gasteiger partial charge in [0.15, 0.2) is 0 Å². The van der Waals surface area contributed by atoms with E-state index in [1.54, 1.807) is 0 Å². The predicted octanol–water partition coefficient (Wildman–Crippen LogP) is 2.74. The average molecular weight is 376 g/mol. The number of hydrogen-bond donors (Lipinski definition) is 2. The first-order valence-corrected chi connectivity index (χ1v) is 8.25. The molecule has 0 saturated carbocycles. The highest BCUT2D eigenvalue weighted by molar-refractivity contribution is 5.88. The standard InChI is InChI=1S/C19H18F2N2O4/c1-27-12-7-14(20)16(15(21)8-12)13-10-23(9-11-5-3-2-4-6-11)18(24)17(13)22-19(25)26/h2-8,13,17,22H,9-10H2,1H3,(H,25,26)/t13-,17-/m0/s1. The minimum atomic E-state index is -1.44. The molecule has 0 aliphatic carbocycles. The van der Waals surface area contributed by atoms with Crippen LogP contribution < -0.4 is 10.1 Å². The Hall–Kier alpha value is -3.16. The first-order valence-electron chi connectivity index (χ1n) is 8.25. The van der Waals surface area contributed by atoms with E-state index in [2.05, 4.69) is 5.32 Å². The Balaban J connectivity index is 1.95. The highest BCUT2D eigenvalue weighted by atomic mass is 19.1. The van der Waals surface area contributed by atoms with Gasteiger partial charge in [-0.25, -0.2) is 13.6 Å². The number of nitrogens with zero attached hydrogens (tertiary/aromatic N) is 1. The quantitative estimate of drug-likeness (QED) is 0.841. The van der Waals surface area contributed by atoms with Gasteiger partial charge in [0.25, 0.3) is 0 Å². The molecule has 2 N–H and O–H groups in total. The van der Waals surface area contributed by atoms with Gasteiger partial charge in [0, 0.05) is 36.7 Å². The van der Waals surface area contributed by atoms with Crippen molar-refractivity contribution in [1.29, 1.82) is 0 Å². The lowest BCUT2D eigenvalue weighted by Gasteiger charge is -2.18. The van der Waals surface area contributed by atoms with Crippen molar-refractivity contribution in [2.45, 2.75) is 18.5 Å². The van der Waals surface area contributed by atoms with E-state index in [4.69, 9.17) is 9.84 Å². The lowest BCUT2D eigenvalue weighted by molar-refractivity contribution is -0.129. The predicted molar refractivity (Wildman–Crippen MR) is 92.5 cm³/mol. The van der Waals surface area contributed by atoms with Crippen LogP contribution in [0.4, 0.5) is 13.6 Å². The molecule has 1 aliphatic rings. The number of nitrogens with one attached hydrogen (secondary N) is 1. The molecule has 1 heterocycles. The number of likely N-dealkylation sites (tertiary alicyclic amines) is 1. The number of hydrogen-bond acceptors (Lipinski definition) is 3. The molecule has 1 fully saturated rings. The van der Waals surface area contributed by atoms with E-state index in [-0.39, 0.29) is 24.4 Å². The summed E-state index contributed by atoms with van der Waals surface area (Å²) in [6.45, 7) is 0.201. The average Bonchev–Trinajstić information content (AvgIpc) is 2.91. The summed E-state index contributed by atoms with van der Waals surface area (Å²) in [5, 5.41) is 11.2. The molecular weight excluding hydrogens is 358 g/mol. The Kier molecular flexibility index (Phi) is 5.25. The number of benzene rings is 2. The van der Waals surface area contributed by atoms with Gasteiger partial charge in [-0.2, -0.15) is 0 Å². The number of carbonyl (C=O) groups excluding carboxylic acids is 1. The van der Waals surface area contributed by atoms with Crippen molar-refractivity contribution in [2.24, 2.45) is 0 Å². The molecule has 8 heteroatoms. The molecule has 0 spiro atoms. The third-order valence-electron chi connectivity index (χ3n) is 4.55. The maximum absolute atomic E-state index is 14.5. The molecule has 6 nitrogen and oxygen atoms in total. The Labute approximate surface area is 154 Å². The number of rotatable bonds is 5. The van der Waals surface area contributed by atoms with Crippen LogP contribution in [0.1, 0.15) is 17.0 Å². The molecule has 1 saturated heterocycles. The lowest BCUT2D eigenvalue weighted by atomic mass is 9.93. The third kappa shape index (κ3) is 3.84. The molecule has 27 heavy (non-hydrogen) atoms. The lowest BCUT2D eigenvalue weighted by Crippen LogP contribution is -2.43. The number of halogens is 2. The van der Waals surface area contributed by atoms with Gasteiger partial charge in [-0.05, 0) is 5.56 Å². The van der Waals surface area contributed by atoms with Gasteiger partial charge in [0.1, 0.15) is 23.4 Å². The molecule has 2 aromatic rings. The molecule has 0 unspecified atom stereocenters. The fourth-order valence-corrected chi connectivity index (χ4v) is 3.33. The van der Waals surface area contributed by atoms with Crippen LogP contribution in [0.5, 0.6) is 5.75 Å². The second kappa shape index (κ2) is 7.61. The summed E-state index contributed by atoms with van der Waals surface area (Å²) < 4.78 is 33.9. The Bertz CT molecular complexity index is 837. The van der Waals surface area contributed by atoms with Crippen LogP contribution in [0.2, 0.25) is 0 Å². The first kappa shape index (κ1) is 18.6. The summed E-state index contributed by atoms with van der Waals surface area (Å²) in [4.78, 5) is 25.2.